The second-order valence-corrected chi connectivity index (χ2v) is 11.1. The molecule has 0 saturated heterocycles. The number of hydrogen-bond donors (Lipinski definition) is 0. The van der Waals surface area contributed by atoms with Crippen molar-refractivity contribution in [1.29, 1.82) is 0 Å². The number of carbonyl (C=O) groups excluding carboxylic acids is 1. The molecule has 172 valence electrons. The molecule has 8 heteroatoms. The number of rotatable bonds is 6. The number of fused-ring (bicyclic) bond motifs is 1. The van der Waals surface area contributed by atoms with E-state index in [0.717, 1.165) is 25.6 Å². The summed E-state index contributed by atoms with van der Waals surface area (Å²) in [4.78, 5) is 15.1. The van der Waals surface area contributed by atoms with Gasteiger partial charge in [0.25, 0.3) is 0 Å². The van der Waals surface area contributed by atoms with Gasteiger partial charge < -0.3 is 4.90 Å². The first-order chi connectivity index (χ1) is 15.7. The average Bonchev–Trinajstić information content (AvgIpc) is 3.09. The third kappa shape index (κ3) is 4.88. The maximum Gasteiger partial charge on any atom is 0.243 e. The van der Waals surface area contributed by atoms with Crippen LogP contribution in [0.25, 0.3) is 0 Å². The highest BCUT2D eigenvalue weighted by atomic mass is 79.9. The lowest BCUT2D eigenvalue weighted by Gasteiger charge is -2.28. The van der Waals surface area contributed by atoms with Crippen LogP contribution in [0.3, 0.4) is 0 Å². The molecule has 0 unspecified atom stereocenters. The zero-order valence-corrected chi connectivity index (χ0v) is 20.7. The Hall–Kier alpha value is -2.55. The molecule has 0 saturated carbocycles. The highest BCUT2D eigenvalue weighted by Gasteiger charge is 2.35. The van der Waals surface area contributed by atoms with Crippen LogP contribution in [0.2, 0.25) is 0 Å². The first kappa shape index (κ1) is 23.6. The van der Waals surface area contributed by atoms with Gasteiger partial charge in [0.2, 0.25) is 15.9 Å². The lowest BCUT2D eigenvalue weighted by atomic mass is 10.1. The van der Waals surface area contributed by atoms with Crippen molar-refractivity contribution in [2.24, 2.45) is 0 Å². The predicted octanol–water partition coefficient (Wildman–Crippen LogP) is 5.07. The minimum Gasteiger partial charge on any atom is -0.308 e. The van der Waals surface area contributed by atoms with Gasteiger partial charge in [-0.05, 0) is 62.2 Å². The number of sulfonamides is 1. The molecule has 1 heterocycles. The maximum absolute atomic E-state index is 14.4. The third-order valence-corrected chi connectivity index (χ3v) is 8.10. The van der Waals surface area contributed by atoms with E-state index in [9.17, 15) is 17.6 Å². The number of anilines is 1. The molecule has 1 amide bonds. The molecule has 0 radical (unpaired) electrons. The molecule has 1 aliphatic heterocycles. The van der Waals surface area contributed by atoms with Gasteiger partial charge >= 0.3 is 0 Å². The Morgan fingerprint density at radius 2 is 1.82 bits per heavy atom. The third-order valence-electron chi connectivity index (χ3n) is 5.80. The number of carbonyl (C=O) groups is 1. The van der Waals surface area contributed by atoms with Gasteiger partial charge in [0.15, 0.2) is 0 Å². The van der Waals surface area contributed by atoms with E-state index in [-0.39, 0.29) is 29.0 Å². The monoisotopic (exact) mass is 530 g/mol. The maximum atomic E-state index is 14.4. The summed E-state index contributed by atoms with van der Waals surface area (Å²) in [6, 6.07) is 18.0. The number of hydrogen-bond acceptors (Lipinski definition) is 3. The van der Waals surface area contributed by atoms with Crippen LogP contribution in [0.4, 0.5) is 10.1 Å². The van der Waals surface area contributed by atoms with Gasteiger partial charge in [0, 0.05) is 28.3 Å². The Bertz CT molecular complexity index is 1300. The molecular weight excluding hydrogens is 507 g/mol. The zero-order chi connectivity index (χ0) is 23.8. The largest absolute Gasteiger partial charge is 0.308 e. The van der Waals surface area contributed by atoms with Crippen LogP contribution < -0.4 is 4.90 Å². The molecule has 3 aromatic rings. The van der Waals surface area contributed by atoms with Gasteiger partial charge in [-0.3, -0.25) is 4.79 Å². The molecule has 3 aromatic carbocycles. The second-order valence-electron chi connectivity index (χ2n) is 8.27. The van der Waals surface area contributed by atoms with E-state index in [0.29, 0.717) is 6.42 Å². The fraction of sp³-hybridized carbons (Fsp3) is 0.240. The first-order valence-electron chi connectivity index (χ1n) is 10.6. The molecular formula is C25H24BrFN2O3S. The first-order valence-corrected chi connectivity index (χ1v) is 12.8. The fourth-order valence-electron chi connectivity index (χ4n) is 4.11. The van der Waals surface area contributed by atoms with Crippen LogP contribution in [-0.2, 0) is 27.8 Å². The number of amides is 1. The second kappa shape index (κ2) is 9.37. The lowest BCUT2D eigenvalue weighted by Crippen LogP contribution is -2.44. The topological polar surface area (TPSA) is 57.7 Å². The Kier molecular flexibility index (Phi) is 6.70. The smallest absolute Gasteiger partial charge is 0.243 e. The summed E-state index contributed by atoms with van der Waals surface area (Å²) in [5.74, 6) is -0.866. The van der Waals surface area contributed by atoms with E-state index in [1.807, 2.05) is 32.0 Å². The van der Waals surface area contributed by atoms with E-state index in [2.05, 4.69) is 15.9 Å². The standard InChI is InChI=1S/C25H24BrFN2O3S/c1-17-7-10-22(11-8-17)33(31,32)28(15-19-5-3-4-6-23(19)27)16-25(30)29-18(2)13-20-14-21(26)9-12-24(20)29/h3-12,14,18H,13,15-16H2,1-2H3/t18-/m1/s1. The summed E-state index contributed by atoms with van der Waals surface area (Å²) in [7, 11) is -4.05. The van der Waals surface area contributed by atoms with Gasteiger partial charge in [0.1, 0.15) is 5.82 Å². The molecule has 1 atom stereocenters. The molecule has 0 spiro atoms. The van der Waals surface area contributed by atoms with Crippen molar-refractivity contribution < 1.29 is 17.6 Å². The average molecular weight is 531 g/mol. The SMILES string of the molecule is Cc1ccc(S(=O)(=O)N(CC(=O)N2c3ccc(Br)cc3C[C@H]2C)Cc2ccccc2F)cc1. The van der Waals surface area contributed by atoms with Crippen molar-refractivity contribution in [3.8, 4) is 0 Å². The van der Waals surface area contributed by atoms with E-state index < -0.39 is 22.4 Å². The van der Waals surface area contributed by atoms with E-state index >= 15 is 0 Å². The fourth-order valence-corrected chi connectivity index (χ4v) is 5.88. The van der Waals surface area contributed by atoms with Crippen molar-refractivity contribution in [3.63, 3.8) is 0 Å². The minimum absolute atomic E-state index is 0.0658. The number of aryl methyl sites for hydroxylation is 1. The predicted molar refractivity (Wildman–Crippen MR) is 130 cm³/mol. The van der Waals surface area contributed by atoms with Gasteiger partial charge in [-0.1, -0.05) is 51.8 Å². The van der Waals surface area contributed by atoms with Gasteiger partial charge in [-0.25, -0.2) is 12.8 Å². The van der Waals surface area contributed by atoms with Crippen molar-refractivity contribution in [1.82, 2.24) is 4.31 Å². The molecule has 5 nitrogen and oxygen atoms in total. The zero-order valence-electron chi connectivity index (χ0n) is 18.3. The summed E-state index contributed by atoms with van der Waals surface area (Å²) in [5, 5.41) is 0. The minimum atomic E-state index is -4.05. The van der Waals surface area contributed by atoms with Gasteiger partial charge in [-0.2, -0.15) is 4.31 Å². The van der Waals surface area contributed by atoms with Crippen LogP contribution in [0, 0.1) is 12.7 Å². The Morgan fingerprint density at radius 3 is 2.52 bits per heavy atom. The van der Waals surface area contributed by atoms with E-state index in [1.165, 1.54) is 24.3 Å². The number of nitrogens with zero attached hydrogens (tertiary/aromatic N) is 2. The number of halogens is 2. The van der Waals surface area contributed by atoms with Crippen molar-refractivity contribution in [2.45, 2.75) is 37.8 Å². The highest BCUT2D eigenvalue weighted by molar-refractivity contribution is 9.10. The van der Waals surface area contributed by atoms with Crippen LogP contribution >= 0.6 is 15.9 Å². The van der Waals surface area contributed by atoms with E-state index in [4.69, 9.17) is 0 Å². The molecule has 33 heavy (non-hydrogen) atoms. The quantitative estimate of drug-likeness (QED) is 0.447. The van der Waals surface area contributed by atoms with Gasteiger partial charge in [0.05, 0.1) is 11.4 Å². The summed E-state index contributed by atoms with van der Waals surface area (Å²) >= 11 is 3.46. The van der Waals surface area contributed by atoms with Crippen molar-refractivity contribution >= 4 is 37.5 Å². The van der Waals surface area contributed by atoms with Crippen LogP contribution in [-0.4, -0.2) is 31.2 Å². The van der Waals surface area contributed by atoms with Crippen LogP contribution in [0.1, 0.15) is 23.6 Å². The lowest BCUT2D eigenvalue weighted by molar-refractivity contribution is -0.119. The molecule has 0 fully saturated rings. The Balaban J connectivity index is 1.69. The van der Waals surface area contributed by atoms with Crippen molar-refractivity contribution in [2.75, 3.05) is 11.4 Å². The number of benzene rings is 3. The summed E-state index contributed by atoms with van der Waals surface area (Å²) in [6.07, 6.45) is 0.679. The molecule has 0 N–H and O–H groups in total. The summed E-state index contributed by atoms with van der Waals surface area (Å²) < 4.78 is 43.4. The van der Waals surface area contributed by atoms with Crippen molar-refractivity contribution in [3.05, 3.63) is 93.7 Å². The van der Waals surface area contributed by atoms with Crippen LogP contribution in [0.5, 0.6) is 0 Å². The molecule has 0 aliphatic carbocycles. The highest BCUT2D eigenvalue weighted by Crippen LogP contribution is 2.34. The Labute approximate surface area is 202 Å². The molecule has 4 rings (SSSR count). The van der Waals surface area contributed by atoms with Crippen LogP contribution in [0.15, 0.2) is 76.1 Å². The molecule has 1 aliphatic rings. The normalized spacial score (nSPS) is 15.7. The summed E-state index contributed by atoms with van der Waals surface area (Å²) in [6.45, 7) is 3.15. The molecule has 0 aromatic heterocycles. The molecule has 0 bridgehead atoms. The Morgan fingerprint density at radius 1 is 1.12 bits per heavy atom. The summed E-state index contributed by atoms with van der Waals surface area (Å²) in [5.41, 5.74) is 2.92. The van der Waals surface area contributed by atoms with Gasteiger partial charge in [-0.15, -0.1) is 0 Å². The van der Waals surface area contributed by atoms with E-state index in [1.54, 1.807) is 29.2 Å².